The predicted molar refractivity (Wildman–Crippen MR) is 65.4 cm³/mol. The maximum atomic E-state index is 6.21. The number of rotatable bonds is 2. The summed E-state index contributed by atoms with van der Waals surface area (Å²) in [4.78, 5) is 2.37. The maximum Gasteiger partial charge on any atom is 0.131 e. The first-order valence-electron chi connectivity index (χ1n) is 5.74. The number of aryl methyl sites for hydroxylation is 2. The molecule has 16 heavy (non-hydrogen) atoms. The highest BCUT2D eigenvalue weighted by Gasteiger charge is 2.20. The van der Waals surface area contributed by atoms with Gasteiger partial charge < -0.3 is 5.73 Å². The second-order valence-corrected chi connectivity index (χ2v) is 4.97. The highest BCUT2D eigenvalue weighted by Crippen LogP contribution is 2.22. The van der Waals surface area contributed by atoms with Crippen molar-refractivity contribution in [2.45, 2.75) is 32.4 Å². The molecule has 4 nitrogen and oxygen atoms in total. The van der Waals surface area contributed by atoms with E-state index in [0.717, 1.165) is 42.5 Å². The fourth-order valence-electron chi connectivity index (χ4n) is 2.31. The predicted octanol–water partition coefficient (Wildman–Crippen LogP) is 1.31. The quantitative estimate of drug-likeness (QED) is 0.851. The van der Waals surface area contributed by atoms with E-state index in [9.17, 15) is 0 Å². The molecule has 1 aliphatic rings. The molecule has 2 rings (SSSR count). The van der Waals surface area contributed by atoms with E-state index >= 15 is 0 Å². The summed E-state index contributed by atoms with van der Waals surface area (Å²) in [6.07, 6.45) is 2.31. The molecule has 1 unspecified atom stereocenters. The molecule has 1 aromatic heterocycles. The van der Waals surface area contributed by atoms with Crippen LogP contribution in [0.15, 0.2) is 0 Å². The van der Waals surface area contributed by atoms with Crippen LogP contribution in [0.25, 0.3) is 0 Å². The average molecular weight is 243 g/mol. The van der Waals surface area contributed by atoms with Gasteiger partial charge in [0.25, 0.3) is 0 Å². The lowest BCUT2D eigenvalue weighted by Gasteiger charge is -2.30. The minimum Gasteiger partial charge on any atom is -0.327 e. The van der Waals surface area contributed by atoms with Crippen LogP contribution in [0.5, 0.6) is 0 Å². The molecular weight excluding hydrogens is 224 g/mol. The molecule has 2 heterocycles. The number of aromatic nitrogens is 2. The Morgan fingerprint density at radius 3 is 2.88 bits per heavy atom. The molecule has 2 N–H and O–H groups in total. The Hall–Kier alpha value is -0.580. The summed E-state index contributed by atoms with van der Waals surface area (Å²) >= 11 is 6.21. The Bertz CT molecular complexity index is 374. The van der Waals surface area contributed by atoms with E-state index in [0.29, 0.717) is 6.04 Å². The van der Waals surface area contributed by atoms with Gasteiger partial charge in [-0.15, -0.1) is 0 Å². The summed E-state index contributed by atoms with van der Waals surface area (Å²) < 4.78 is 1.73. The zero-order valence-electron chi connectivity index (χ0n) is 9.91. The molecule has 0 aliphatic carbocycles. The van der Waals surface area contributed by atoms with Gasteiger partial charge in [0.1, 0.15) is 5.15 Å². The minimum absolute atomic E-state index is 0.310. The highest BCUT2D eigenvalue weighted by molar-refractivity contribution is 6.30. The number of piperidine rings is 1. The normalized spacial score (nSPS) is 22.6. The van der Waals surface area contributed by atoms with E-state index < -0.39 is 0 Å². The summed E-state index contributed by atoms with van der Waals surface area (Å²) in [7, 11) is 1.88. The van der Waals surface area contributed by atoms with Crippen LogP contribution < -0.4 is 5.73 Å². The lowest BCUT2D eigenvalue weighted by Crippen LogP contribution is -2.42. The topological polar surface area (TPSA) is 47.1 Å². The molecule has 1 aliphatic heterocycles. The first-order valence-corrected chi connectivity index (χ1v) is 6.11. The van der Waals surface area contributed by atoms with Gasteiger partial charge in [-0.2, -0.15) is 5.10 Å². The molecule has 0 spiro atoms. The zero-order valence-corrected chi connectivity index (χ0v) is 10.7. The van der Waals surface area contributed by atoms with Gasteiger partial charge in [-0.05, 0) is 26.3 Å². The van der Waals surface area contributed by atoms with Crippen molar-refractivity contribution in [1.82, 2.24) is 14.7 Å². The molecule has 0 saturated carbocycles. The van der Waals surface area contributed by atoms with Crippen LogP contribution in [0, 0.1) is 6.92 Å². The van der Waals surface area contributed by atoms with Gasteiger partial charge in [0.15, 0.2) is 0 Å². The van der Waals surface area contributed by atoms with Crippen molar-refractivity contribution >= 4 is 11.6 Å². The number of likely N-dealkylation sites (tertiary alicyclic amines) is 1. The van der Waals surface area contributed by atoms with Crippen molar-refractivity contribution in [2.24, 2.45) is 12.8 Å². The van der Waals surface area contributed by atoms with Crippen LogP contribution in [0.3, 0.4) is 0 Å². The third-order valence-corrected chi connectivity index (χ3v) is 3.67. The van der Waals surface area contributed by atoms with Crippen LogP contribution in [0.4, 0.5) is 0 Å². The van der Waals surface area contributed by atoms with Crippen molar-refractivity contribution < 1.29 is 0 Å². The van der Waals surface area contributed by atoms with Crippen LogP contribution in [0.1, 0.15) is 24.1 Å². The fourth-order valence-corrected chi connectivity index (χ4v) is 2.55. The Morgan fingerprint density at radius 2 is 2.31 bits per heavy atom. The van der Waals surface area contributed by atoms with Gasteiger partial charge in [-0.1, -0.05) is 11.6 Å². The molecule has 1 aromatic rings. The Morgan fingerprint density at radius 1 is 1.56 bits per heavy atom. The molecule has 5 heteroatoms. The van der Waals surface area contributed by atoms with Crippen LogP contribution in [-0.4, -0.2) is 33.8 Å². The first kappa shape index (κ1) is 11.9. The van der Waals surface area contributed by atoms with E-state index in [4.69, 9.17) is 17.3 Å². The van der Waals surface area contributed by atoms with E-state index in [1.807, 2.05) is 14.0 Å². The number of hydrogen-bond donors (Lipinski definition) is 1. The molecule has 0 bridgehead atoms. The van der Waals surface area contributed by atoms with E-state index in [1.165, 1.54) is 6.42 Å². The lowest BCUT2D eigenvalue weighted by atomic mass is 10.1. The van der Waals surface area contributed by atoms with Crippen molar-refractivity contribution in [3.63, 3.8) is 0 Å². The summed E-state index contributed by atoms with van der Waals surface area (Å²) in [6, 6.07) is 0.310. The molecule has 90 valence electrons. The smallest absolute Gasteiger partial charge is 0.131 e. The third kappa shape index (κ3) is 2.39. The Kier molecular flexibility index (Phi) is 3.52. The van der Waals surface area contributed by atoms with Gasteiger partial charge in [-0.3, -0.25) is 9.58 Å². The monoisotopic (exact) mass is 242 g/mol. The summed E-state index contributed by atoms with van der Waals surface area (Å²) in [5.74, 6) is 0. The van der Waals surface area contributed by atoms with Crippen molar-refractivity contribution in [2.75, 3.05) is 13.1 Å². The average Bonchev–Trinajstić information content (AvgIpc) is 2.45. The van der Waals surface area contributed by atoms with Crippen molar-refractivity contribution in [3.8, 4) is 0 Å². The van der Waals surface area contributed by atoms with E-state index in [2.05, 4.69) is 10.00 Å². The molecule has 0 radical (unpaired) electrons. The van der Waals surface area contributed by atoms with Gasteiger partial charge in [-0.25, -0.2) is 0 Å². The second kappa shape index (κ2) is 4.73. The van der Waals surface area contributed by atoms with Crippen LogP contribution >= 0.6 is 11.6 Å². The molecular formula is C11H19ClN4. The van der Waals surface area contributed by atoms with Gasteiger partial charge in [0.2, 0.25) is 0 Å². The SMILES string of the molecule is Cc1nn(C)c(Cl)c1CN1CCCC(N)C1. The lowest BCUT2D eigenvalue weighted by molar-refractivity contribution is 0.201. The Labute approximate surface area is 101 Å². The molecule has 0 aromatic carbocycles. The van der Waals surface area contributed by atoms with Gasteiger partial charge in [0, 0.05) is 31.7 Å². The molecule has 1 saturated heterocycles. The standard InChI is InChI=1S/C11H19ClN4/c1-8-10(11(12)15(2)14-8)7-16-5-3-4-9(13)6-16/h9H,3-7,13H2,1-2H3. The van der Waals surface area contributed by atoms with Gasteiger partial charge in [0.05, 0.1) is 5.69 Å². The number of nitrogens with zero attached hydrogens (tertiary/aromatic N) is 3. The summed E-state index contributed by atoms with van der Waals surface area (Å²) in [5, 5.41) is 5.07. The first-order chi connectivity index (χ1) is 7.58. The Balaban J connectivity index is 2.08. The van der Waals surface area contributed by atoms with Crippen molar-refractivity contribution in [1.29, 1.82) is 0 Å². The van der Waals surface area contributed by atoms with Crippen LogP contribution in [-0.2, 0) is 13.6 Å². The third-order valence-electron chi connectivity index (χ3n) is 3.19. The minimum atomic E-state index is 0.310. The molecule has 1 atom stereocenters. The highest BCUT2D eigenvalue weighted by atomic mass is 35.5. The van der Waals surface area contributed by atoms with E-state index in [1.54, 1.807) is 4.68 Å². The number of nitrogens with two attached hydrogens (primary N) is 1. The van der Waals surface area contributed by atoms with Gasteiger partial charge >= 0.3 is 0 Å². The second-order valence-electron chi connectivity index (χ2n) is 4.62. The van der Waals surface area contributed by atoms with Crippen LogP contribution in [0.2, 0.25) is 5.15 Å². The molecule has 0 amide bonds. The zero-order chi connectivity index (χ0) is 11.7. The molecule has 1 fully saturated rings. The fraction of sp³-hybridized carbons (Fsp3) is 0.727. The summed E-state index contributed by atoms with van der Waals surface area (Å²) in [6.45, 7) is 4.94. The maximum absolute atomic E-state index is 6.21. The van der Waals surface area contributed by atoms with Crippen molar-refractivity contribution in [3.05, 3.63) is 16.4 Å². The number of hydrogen-bond acceptors (Lipinski definition) is 3. The van der Waals surface area contributed by atoms with E-state index in [-0.39, 0.29) is 0 Å². The largest absolute Gasteiger partial charge is 0.327 e. The number of halogens is 1. The summed E-state index contributed by atoms with van der Waals surface area (Å²) in [5.41, 5.74) is 8.12.